The van der Waals surface area contributed by atoms with Crippen LogP contribution in [0.1, 0.15) is 21.8 Å². The molecule has 2 aromatic heterocycles. The van der Waals surface area contributed by atoms with Crippen LogP contribution in [0, 0.1) is 6.92 Å². The third kappa shape index (κ3) is 2.34. The van der Waals surface area contributed by atoms with E-state index in [1.54, 1.807) is 22.2 Å². The Bertz CT molecular complexity index is 913. The molecule has 0 saturated heterocycles. The summed E-state index contributed by atoms with van der Waals surface area (Å²) in [5.41, 5.74) is 3.72. The number of nitrogens with zero attached hydrogens (tertiary/aromatic N) is 3. The first kappa shape index (κ1) is 13.6. The summed E-state index contributed by atoms with van der Waals surface area (Å²) in [5, 5.41) is 0.918. The highest BCUT2D eigenvalue weighted by Crippen LogP contribution is 2.23. The number of aromatic nitrogens is 3. The van der Waals surface area contributed by atoms with Crippen LogP contribution < -0.4 is 5.56 Å². The van der Waals surface area contributed by atoms with Gasteiger partial charge in [-0.2, -0.15) is 0 Å². The summed E-state index contributed by atoms with van der Waals surface area (Å²) in [6.45, 7) is 3.51. The zero-order valence-electron chi connectivity index (χ0n) is 12.2. The summed E-state index contributed by atoms with van der Waals surface area (Å²) in [7, 11) is 0. The number of thiazole rings is 1. The standard InChI is InChI=1S/C16H15N3O2S/c1-10-2-3-14-13(6-10)18-15(22-14)7-19-9-17-12-4-5-21-8-11(12)16(19)20/h2-3,6,9H,4-5,7-8H2,1H3. The molecular weight excluding hydrogens is 298 g/mol. The van der Waals surface area contributed by atoms with E-state index in [1.165, 1.54) is 5.56 Å². The number of aryl methyl sites for hydroxylation is 1. The quantitative estimate of drug-likeness (QED) is 0.728. The highest BCUT2D eigenvalue weighted by molar-refractivity contribution is 7.18. The zero-order chi connectivity index (χ0) is 15.1. The van der Waals surface area contributed by atoms with Crippen LogP contribution in [0.5, 0.6) is 0 Å². The fraction of sp³-hybridized carbons (Fsp3) is 0.312. The van der Waals surface area contributed by atoms with Crippen molar-refractivity contribution >= 4 is 21.6 Å². The number of hydrogen-bond acceptors (Lipinski definition) is 5. The fourth-order valence-electron chi connectivity index (χ4n) is 2.68. The maximum absolute atomic E-state index is 12.5. The Morgan fingerprint density at radius 1 is 1.41 bits per heavy atom. The van der Waals surface area contributed by atoms with Gasteiger partial charge in [0.15, 0.2) is 0 Å². The molecule has 0 saturated carbocycles. The second-order valence-electron chi connectivity index (χ2n) is 5.48. The van der Waals surface area contributed by atoms with Crippen molar-refractivity contribution in [2.75, 3.05) is 6.61 Å². The predicted molar refractivity (Wildman–Crippen MR) is 85.3 cm³/mol. The summed E-state index contributed by atoms with van der Waals surface area (Å²) in [6, 6.07) is 6.22. The summed E-state index contributed by atoms with van der Waals surface area (Å²) in [5.74, 6) is 0. The summed E-state index contributed by atoms with van der Waals surface area (Å²) < 4.78 is 8.14. The second-order valence-corrected chi connectivity index (χ2v) is 6.60. The van der Waals surface area contributed by atoms with Gasteiger partial charge in [-0.25, -0.2) is 9.97 Å². The van der Waals surface area contributed by atoms with Gasteiger partial charge < -0.3 is 4.74 Å². The van der Waals surface area contributed by atoms with Crippen LogP contribution in [0.2, 0.25) is 0 Å². The van der Waals surface area contributed by atoms with Crippen LogP contribution in [-0.2, 0) is 24.3 Å². The largest absolute Gasteiger partial charge is 0.376 e. The van der Waals surface area contributed by atoms with Crippen molar-refractivity contribution in [2.45, 2.75) is 26.5 Å². The Kier molecular flexibility index (Phi) is 3.28. The van der Waals surface area contributed by atoms with Gasteiger partial charge in [0.25, 0.3) is 5.56 Å². The second kappa shape index (κ2) is 5.30. The van der Waals surface area contributed by atoms with Crippen molar-refractivity contribution in [1.82, 2.24) is 14.5 Å². The molecule has 112 valence electrons. The van der Waals surface area contributed by atoms with Crippen molar-refractivity contribution in [1.29, 1.82) is 0 Å². The van der Waals surface area contributed by atoms with Gasteiger partial charge in [-0.1, -0.05) is 6.07 Å². The van der Waals surface area contributed by atoms with Crippen LogP contribution in [0.15, 0.2) is 29.3 Å². The molecule has 0 fully saturated rings. The minimum atomic E-state index is -0.0138. The maximum Gasteiger partial charge on any atom is 0.259 e. The number of fused-ring (bicyclic) bond motifs is 2. The van der Waals surface area contributed by atoms with Gasteiger partial charge in [-0.3, -0.25) is 9.36 Å². The number of ether oxygens (including phenoxy) is 1. The zero-order valence-corrected chi connectivity index (χ0v) is 13.0. The third-order valence-corrected chi connectivity index (χ3v) is 4.86. The lowest BCUT2D eigenvalue weighted by Gasteiger charge is -2.15. The molecule has 3 aromatic rings. The lowest BCUT2D eigenvalue weighted by atomic mass is 10.1. The van der Waals surface area contributed by atoms with Gasteiger partial charge >= 0.3 is 0 Å². The Morgan fingerprint density at radius 3 is 3.23 bits per heavy atom. The first-order chi connectivity index (χ1) is 10.7. The summed E-state index contributed by atoms with van der Waals surface area (Å²) in [6.07, 6.45) is 2.34. The molecule has 6 heteroatoms. The highest BCUT2D eigenvalue weighted by atomic mass is 32.1. The molecule has 0 atom stereocenters. The van der Waals surface area contributed by atoms with Gasteiger partial charge in [-0.05, 0) is 24.6 Å². The Morgan fingerprint density at radius 2 is 2.32 bits per heavy atom. The Labute approximate surface area is 131 Å². The van der Waals surface area contributed by atoms with E-state index in [0.29, 0.717) is 31.7 Å². The third-order valence-electron chi connectivity index (χ3n) is 3.84. The average molecular weight is 313 g/mol. The van der Waals surface area contributed by atoms with E-state index in [4.69, 9.17) is 4.74 Å². The Balaban J connectivity index is 1.71. The first-order valence-electron chi connectivity index (χ1n) is 7.22. The smallest absolute Gasteiger partial charge is 0.259 e. The first-order valence-corrected chi connectivity index (χ1v) is 8.03. The van der Waals surface area contributed by atoms with Gasteiger partial charge in [0.2, 0.25) is 0 Å². The van der Waals surface area contributed by atoms with Gasteiger partial charge in [0.1, 0.15) is 5.01 Å². The van der Waals surface area contributed by atoms with Crippen LogP contribution in [0.3, 0.4) is 0 Å². The summed E-state index contributed by atoms with van der Waals surface area (Å²) >= 11 is 1.62. The fourth-order valence-corrected chi connectivity index (χ4v) is 3.63. The molecule has 1 aromatic carbocycles. The summed E-state index contributed by atoms with van der Waals surface area (Å²) in [4.78, 5) is 21.5. The molecule has 3 heterocycles. The lowest BCUT2D eigenvalue weighted by molar-refractivity contribution is 0.107. The van der Waals surface area contributed by atoms with Crippen LogP contribution in [0.25, 0.3) is 10.2 Å². The molecule has 5 nitrogen and oxygen atoms in total. The number of hydrogen-bond donors (Lipinski definition) is 0. The lowest BCUT2D eigenvalue weighted by Crippen LogP contribution is -2.29. The van der Waals surface area contributed by atoms with Gasteiger partial charge in [0, 0.05) is 6.42 Å². The van der Waals surface area contributed by atoms with E-state index in [9.17, 15) is 4.79 Å². The molecular formula is C16H15N3O2S. The molecule has 4 rings (SSSR count). The SMILES string of the molecule is Cc1ccc2sc(Cn3cnc4c(c3=O)COCC4)nc2c1. The molecule has 0 bridgehead atoms. The normalized spacial score (nSPS) is 14.2. The van der Waals surface area contributed by atoms with Crippen molar-refractivity contribution in [3.63, 3.8) is 0 Å². The van der Waals surface area contributed by atoms with Gasteiger partial charge in [-0.15, -0.1) is 11.3 Å². The molecule has 0 unspecified atom stereocenters. The molecule has 1 aliphatic rings. The molecule has 0 amide bonds. The van der Waals surface area contributed by atoms with E-state index >= 15 is 0 Å². The van der Waals surface area contributed by atoms with E-state index in [0.717, 1.165) is 20.9 Å². The molecule has 0 aliphatic carbocycles. The average Bonchev–Trinajstić information content (AvgIpc) is 2.92. The monoisotopic (exact) mass is 313 g/mol. The minimum absolute atomic E-state index is 0.0138. The van der Waals surface area contributed by atoms with E-state index in [1.807, 2.05) is 0 Å². The van der Waals surface area contributed by atoms with Crippen LogP contribution in [0.4, 0.5) is 0 Å². The molecule has 0 radical (unpaired) electrons. The molecule has 1 aliphatic heterocycles. The number of benzene rings is 1. The predicted octanol–water partition coefficient (Wildman–Crippen LogP) is 2.28. The van der Waals surface area contributed by atoms with E-state index in [-0.39, 0.29) is 5.56 Å². The van der Waals surface area contributed by atoms with Crippen molar-refractivity contribution in [3.05, 3.63) is 56.7 Å². The van der Waals surface area contributed by atoms with Gasteiger partial charge in [0.05, 0.1) is 47.6 Å². The Hall–Kier alpha value is -2.05. The molecule has 22 heavy (non-hydrogen) atoms. The van der Waals surface area contributed by atoms with Crippen LogP contribution >= 0.6 is 11.3 Å². The minimum Gasteiger partial charge on any atom is -0.376 e. The van der Waals surface area contributed by atoms with Crippen molar-refractivity contribution < 1.29 is 4.74 Å². The van der Waals surface area contributed by atoms with E-state index in [2.05, 4.69) is 35.1 Å². The topological polar surface area (TPSA) is 57.0 Å². The van der Waals surface area contributed by atoms with Crippen molar-refractivity contribution in [2.24, 2.45) is 0 Å². The highest BCUT2D eigenvalue weighted by Gasteiger charge is 2.16. The number of rotatable bonds is 2. The molecule has 0 spiro atoms. The molecule has 0 N–H and O–H groups in total. The maximum atomic E-state index is 12.5. The van der Waals surface area contributed by atoms with Crippen molar-refractivity contribution in [3.8, 4) is 0 Å². The van der Waals surface area contributed by atoms with E-state index < -0.39 is 0 Å². The van der Waals surface area contributed by atoms with Crippen LogP contribution in [-0.4, -0.2) is 21.1 Å².